The van der Waals surface area contributed by atoms with E-state index in [-0.39, 0.29) is 5.03 Å². The van der Waals surface area contributed by atoms with Gasteiger partial charge in [-0.15, -0.1) is 0 Å². The van der Waals surface area contributed by atoms with Gasteiger partial charge in [0.15, 0.2) is 5.03 Å². The SMILES string of the molecule is N#Cc1ccc(NS(=O)(=O)c2ccccn2)cc1. The molecular weight excluding hydrogens is 250 g/mol. The minimum absolute atomic E-state index is 0.0469. The molecule has 0 radical (unpaired) electrons. The maximum atomic E-state index is 11.9. The highest BCUT2D eigenvalue weighted by atomic mass is 32.2. The van der Waals surface area contributed by atoms with Gasteiger partial charge in [0.25, 0.3) is 10.0 Å². The molecule has 1 aromatic heterocycles. The molecule has 5 nitrogen and oxygen atoms in total. The Kier molecular flexibility index (Phi) is 3.26. The van der Waals surface area contributed by atoms with Crippen LogP contribution in [-0.2, 0) is 10.0 Å². The Morgan fingerprint density at radius 2 is 1.83 bits per heavy atom. The summed E-state index contributed by atoms with van der Waals surface area (Å²) in [6.45, 7) is 0. The van der Waals surface area contributed by atoms with Crippen molar-refractivity contribution in [1.82, 2.24) is 4.98 Å². The monoisotopic (exact) mass is 259 g/mol. The van der Waals surface area contributed by atoms with Crippen molar-refractivity contribution in [2.75, 3.05) is 4.72 Å². The number of nitrogens with one attached hydrogen (secondary N) is 1. The van der Waals surface area contributed by atoms with Crippen LogP contribution in [0.4, 0.5) is 5.69 Å². The highest BCUT2D eigenvalue weighted by molar-refractivity contribution is 7.92. The molecule has 2 aromatic rings. The maximum Gasteiger partial charge on any atom is 0.279 e. The van der Waals surface area contributed by atoms with Gasteiger partial charge in [-0.25, -0.2) is 4.98 Å². The van der Waals surface area contributed by atoms with Crippen molar-refractivity contribution in [2.24, 2.45) is 0 Å². The summed E-state index contributed by atoms with van der Waals surface area (Å²) in [7, 11) is -3.68. The number of nitrogens with zero attached hydrogens (tertiary/aromatic N) is 2. The van der Waals surface area contributed by atoms with Crippen LogP contribution in [0.25, 0.3) is 0 Å². The molecular formula is C12H9N3O2S. The zero-order valence-electron chi connectivity index (χ0n) is 9.24. The van der Waals surface area contributed by atoms with Crippen LogP contribution in [0, 0.1) is 11.3 Å². The van der Waals surface area contributed by atoms with Gasteiger partial charge in [0.2, 0.25) is 0 Å². The number of hydrogen-bond donors (Lipinski definition) is 1. The summed E-state index contributed by atoms with van der Waals surface area (Å²) in [5.41, 5.74) is 0.857. The quantitative estimate of drug-likeness (QED) is 0.910. The van der Waals surface area contributed by atoms with E-state index in [2.05, 4.69) is 9.71 Å². The van der Waals surface area contributed by atoms with Gasteiger partial charge >= 0.3 is 0 Å². The van der Waals surface area contributed by atoms with Crippen molar-refractivity contribution in [2.45, 2.75) is 5.03 Å². The first kappa shape index (κ1) is 12.1. The summed E-state index contributed by atoms with van der Waals surface area (Å²) in [4.78, 5) is 3.78. The van der Waals surface area contributed by atoms with Crippen molar-refractivity contribution < 1.29 is 8.42 Å². The van der Waals surface area contributed by atoms with Crippen molar-refractivity contribution in [1.29, 1.82) is 5.26 Å². The van der Waals surface area contributed by atoms with Crippen LogP contribution in [0.3, 0.4) is 0 Å². The second-order valence-corrected chi connectivity index (χ2v) is 5.09. The van der Waals surface area contributed by atoms with Gasteiger partial charge in [-0.3, -0.25) is 4.72 Å². The number of hydrogen-bond acceptors (Lipinski definition) is 4. The van der Waals surface area contributed by atoms with E-state index in [1.165, 1.54) is 36.5 Å². The first-order valence-electron chi connectivity index (χ1n) is 5.06. The molecule has 0 saturated heterocycles. The lowest BCUT2D eigenvalue weighted by molar-refractivity contribution is 0.597. The fraction of sp³-hybridized carbons (Fsp3) is 0. The van der Waals surface area contributed by atoms with Crippen LogP contribution < -0.4 is 4.72 Å². The van der Waals surface area contributed by atoms with Gasteiger partial charge in [-0.05, 0) is 36.4 Å². The summed E-state index contributed by atoms with van der Waals surface area (Å²) < 4.78 is 26.2. The summed E-state index contributed by atoms with van der Waals surface area (Å²) in [6, 6.07) is 12.7. The van der Waals surface area contributed by atoms with Crippen molar-refractivity contribution >= 4 is 15.7 Å². The lowest BCUT2D eigenvalue weighted by Crippen LogP contribution is -2.14. The van der Waals surface area contributed by atoms with Crippen molar-refractivity contribution in [3.63, 3.8) is 0 Å². The van der Waals surface area contributed by atoms with E-state index < -0.39 is 10.0 Å². The summed E-state index contributed by atoms with van der Waals surface area (Å²) in [6.07, 6.45) is 1.41. The first-order chi connectivity index (χ1) is 8.62. The van der Waals surface area contributed by atoms with Crippen LogP contribution in [0.5, 0.6) is 0 Å². The molecule has 1 N–H and O–H groups in total. The molecule has 0 aliphatic rings. The Balaban J connectivity index is 2.26. The Morgan fingerprint density at radius 3 is 2.39 bits per heavy atom. The van der Waals surface area contributed by atoms with Crippen LogP contribution in [0.2, 0.25) is 0 Å². The molecule has 18 heavy (non-hydrogen) atoms. The molecule has 0 bridgehead atoms. The lowest BCUT2D eigenvalue weighted by atomic mass is 10.2. The van der Waals surface area contributed by atoms with Gasteiger partial charge in [0.1, 0.15) is 0 Å². The fourth-order valence-corrected chi connectivity index (χ4v) is 2.33. The number of anilines is 1. The van der Waals surface area contributed by atoms with E-state index in [4.69, 9.17) is 5.26 Å². The van der Waals surface area contributed by atoms with E-state index in [0.717, 1.165) is 0 Å². The summed E-state index contributed by atoms with van der Waals surface area (Å²) >= 11 is 0. The van der Waals surface area contributed by atoms with E-state index in [0.29, 0.717) is 11.3 Å². The highest BCUT2D eigenvalue weighted by Gasteiger charge is 2.14. The van der Waals surface area contributed by atoms with Crippen LogP contribution in [0.15, 0.2) is 53.7 Å². The second-order valence-electron chi connectivity index (χ2n) is 3.46. The van der Waals surface area contributed by atoms with Crippen LogP contribution in [0.1, 0.15) is 5.56 Å². The lowest BCUT2D eigenvalue weighted by Gasteiger charge is -2.06. The standard InChI is InChI=1S/C12H9N3O2S/c13-9-10-4-6-11(7-5-10)15-18(16,17)12-3-1-2-8-14-12/h1-8,15H. The Labute approximate surface area is 105 Å². The molecule has 0 atom stereocenters. The first-order valence-corrected chi connectivity index (χ1v) is 6.54. The molecule has 2 rings (SSSR count). The molecule has 90 valence electrons. The van der Waals surface area contributed by atoms with Gasteiger partial charge in [-0.1, -0.05) is 6.07 Å². The van der Waals surface area contributed by atoms with E-state index >= 15 is 0 Å². The Bertz CT molecular complexity index is 674. The highest BCUT2D eigenvalue weighted by Crippen LogP contribution is 2.14. The number of nitriles is 1. The molecule has 0 aliphatic heterocycles. The van der Waals surface area contributed by atoms with Crippen molar-refractivity contribution in [3.8, 4) is 6.07 Å². The predicted octanol–water partition coefficient (Wildman–Crippen LogP) is 1.75. The van der Waals surface area contributed by atoms with Gasteiger partial charge < -0.3 is 0 Å². The molecule has 1 heterocycles. The topological polar surface area (TPSA) is 82.9 Å². The Morgan fingerprint density at radius 1 is 1.11 bits per heavy atom. The van der Waals surface area contributed by atoms with Crippen LogP contribution >= 0.6 is 0 Å². The molecule has 0 spiro atoms. The molecule has 0 saturated carbocycles. The van der Waals surface area contributed by atoms with Crippen molar-refractivity contribution in [3.05, 3.63) is 54.2 Å². The third-order valence-corrected chi connectivity index (χ3v) is 3.48. The largest absolute Gasteiger partial charge is 0.279 e. The molecule has 0 fully saturated rings. The van der Waals surface area contributed by atoms with E-state index in [1.807, 2.05) is 6.07 Å². The van der Waals surface area contributed by atoms with Gasteiger partial charge in [0, 0.05) is 11.9 Å². The van der Waals surface area contributed by atoms with Gasteiger partial charge in [-0.2, -0.15) is 13.7 Å². The molecule has 6 heteroatoms. The molecule has 1 aromatic carbocycles. The molecule has 0 amide bonds. The van der Waals surface area contributed by atoms with Gasteiger partial charge in [0.05, 0.1) is 11.6 Å². The fourth-order valence-electron chi connectivity index (χ4n) is 1.33. The molecule has 0 aliphatic carbocycles. The number of rotatable bonds is 3. The number of benzene rings is 1. The number of sulfonamides is 1. The Hall–Kier alpha value is -2.39. The smallest absolute Gasteiger partial charge is 0.278 e. The summed E-state index contributed by atoms with van der Waals surface area (Å²) in [5, 5.41) is 8.59. The average Bonchev–Trinajstić information content (AvgIpc) is 2.40. The van der Waals surface area contributed by atoms with E-state index in [1.54, 1.807) is 12.1 Å². The summed E-state index contributed by atoms with van der Waals surface area (Å²) in [5.74, 6) is 0. The molecule has 0 unspecified atom stereocenters. The average molecular weight is 259 g/mol. The zero-order valence-corrected chi connectivity index (χ0v) is 10.1. The minimum Gasteiger partial charge on any atom is -0.278 e. The predicted molar refractivity (Wildman–Crippen MR) is 66.2 cm³/mol. The normalized spacial score (nSPS) is 10.6. The second kappa shape index (κ2) is 4.85. The maximum absolute atomic E-state index is 11.9. The van der Waals surface area contributed by atoms with E-state index in [9.17, 15) is 8.42 Å². The number of aromatic nitrogens is 1. The third-order valence-electron chi connectivity index (χ3n) is 2.18. The van der Waals surface area contributed by atoms with Crippen LogP contribution in [-0.4, -0.2) is 13.4 Å². The third kappa shape index (κ3) is 2.64. The minimum atomic E-state index is -3.68. The number of pyridine rings is 1. The zero-order chi connectivity index (χ0) is 13.0.